The van der Waals surface area contributed by atoms with Crippen molar-refractivity contribution in [1.29, 1.82) is 0 Å². The average Bonchev–Trinajstić information content (AvgIpc) is 2.91. The standard InChI is InChI=1S/C15H12N2O2.ClH/c18-14-4-3-11-7-13(2-1-12(11)8-14)15(19)9-17-6-5-16-10-17;/h1-8,10,18H,9H2;1H. The number of imidazole rings is 1. The van der Waals surface area contributed by atoms with E-state index in [1.54, 1.807) is 47.6 Å². The first kappa shape index (κ1) is 14.1. The Hall–Kier alpha value is -2.33. The maximum absolute atomic E-state index is 12.1. The van der Waals surface area contributed by atoms with Gasteiger partial charge in [-0.25, -0.2) is 4.98 Å². The molecule has 20 heavy (non-hydrogen) atoms. The minimum atomic E-state index is 0. The number of aromatic hydroxyl groups is 1. The zero-order chi connectivity index (χ0) is 13.2. The SMILES string of the molecule is Cl.O=C(Cn1ccnc1)c1ccc2cc(O)ccc2c1. The van der Waals surface area contributed by atoms with Gasteiger partial charge in [-0.2, -0.15) is 0 Å². The molecule has 1 heterocycles. The van der Waals surface area contributed by atoms with E-state index in [9.17, 15) is 9.90 Å². The van der Waals surface area contributed by atoms with Crippen LogP contribution in [-0.4, -0.2) is 20.4 Å². The number of carbonyl (C=O) groups excluding carboxylic acids is 1. The fourth-order valence-electron chi connectivity index (χ4n) is 2.04. The van der Waals surface area contributed by atoms with Crippen molar-refractivity contribution in [2.24, 2.45) is 0 Å². The summed E-state index contributed by atoms with van der Waals surface area (Å²) in [5.74, 6) is 0.262. The van der Waals surface area contributed by atoms with E-state index < -0.39 is 0 Å². The highest BCUT2D eigenvalue weighted by Crippen LogP contribution is 2.21. The van der Waals surface area contributed by atoms with Crippen LogP contribution in [0.5, 0.6) is 5.75 Å². The monoisotopic (exact) mass is 288 g/mol. The molecule has 3 aromatic rings. The molecule has 0 fully saturated rings. The van der Waals surface area contributed by atoms with Crippen molar-refractivity contribution in [3.8, 4) is 5.75 Å². The molecule has 0 amide bonds. The number of hydrogen-bond acceptors (Lipinski definition) is 3. The molecular weight excluding hydrogens is 276 g/mol. The van der Waals surface area contributed by atoms with Crippen molar-refractivity contribution in [3.05, 3.63) is 60.7 Å². The van der Waals surface area contributed by atoms with E-state index in [2.05, 4.69) is 4.98 Å². The van der Waals surface area contributed by atoms with Crippen LogP contribution < -0.4 is 0 Å². The van der Waals surface area contributed by atoms with Crippen LogP contribution in [0.2, 0.25) is 0 Å². The van der Waals surface area contributed by atoms with Gasteiger partial charge in [-0.05, 0) is 29.0 Å². The third-order valence-electron chi connectivity index (χ3n) is 3.03. The van der Waals surface area contributed by atoms with E-state index in [0.29, 0.717) is 5.56 Å². The third-order valence-corrected chi connectivity index (χ3v) is 3.03. The lowest BCUT2D eigenvalue weighted by atomic mass is 10.0. The Balaban J connectivity index is 0.00000147. The molecule has 1 N–H and O–H groups in total. The topological polar surface area (TPSA) is 55.1 Å². The van der Waals surface area contributed by atoms with E-state index in [1.807, 2.05) is 12.1 Å². The van der Waals surface area contributed by atoms with Crippen LogP contribution in [-0.2, 0) is 6.54 Å². The number of aromatic nitrogens is 2. The summed E-state index contributed by atoms with van der Waals surface area (Å²) in [4.78, 5) is 16.0. The lowest BCUT2D eigenvalue weighted by Gasteiger charge is -2.04. The quantitative estimate of drug-likeness (QED) is 0.754. The number of rotatable bonds is 3. The summed E-state index contributed by atoms with van der Waals surface area (Å²) in [6.45, 7) is 0.281. The van der Waals surface area contributed by atoms with Crippen LogP contribution >= 0.6 is 12.4 Å². The molecule has 2 aromatic carbocycles. The number of ketones is 1. The molecule has 3 rings (SSSR count). The van der Waals surface area contributed by atoms with Gasteiger partial charge in [0.25, 0.3) is 0 Å². The number of nitrogens with zero attached hydrogens (tertiary/aromatic N) is 2. The first-order chi connectivity index (χ1) is 9.22. The fourth-order valence-corrected chi connectivity index (χ4v) is 2.04. The fraction of sp³-hybridized carbons (Fsp3) is 0.0667. The highest BCUT2D eigenvalue weighted by molar-refractivity contribution is 6.00. The summed E-state index contributed by atoms with van der Waals surface area (Å²) >= 11 is 0. The van der Waals surface area contributed by atoms with Crippen LogP contribution in [0.1, 0.15) is 10.4 Å². The van der Waals surface area contributed by atoms with Gasteiger partial charge in [-0.3, -0.25) is 4.79 Å². The van der Waals surface area contributed by atoms with E-state index >= 15 is 0 Å². The Labute approximate surface area is 122 Å². The van der Waals surface area contributed by atoms with E-state index in [0.717, 1.165) is 10.8 Å². The Morgan fingerprint density at radius 1 is 1.15 bits per heavy atom. The zero-order valence-corrected chi connectivity index (χ0v) is 11.4. The largest absolute Gasteiger partial charge is 0.508 e. The van der Waals surface area contributed by atoms with Crippen molar-refractivity contribution in [1.82, 2.24) is 9.55 Å². The average molecular weight is 289 g/mol. The molecule has 5 heteroatoms. The Bertz CT molecular complexity index is 739. The van der Waals surface area contributed by atoms with Gasteiger partial charge in [-0.15, -0.1) is 12.4 Å². The second kappa shape index (κ2) is 5.75. The molecule has 0 unspecified atom stereocenters. The summed E-state index contributed by atoms with van der Waals surface area (Å²) in [5.41, 5.74) is 0.659. The minimum Gasteiger partial charge on any atom is -0.508 e. The normalized spacial score (nSPS) is 10.2. The van der Waals surface area contributed by atoms with Crippen molar-refractivity contribution < 1.29 is 9.90 Å². The summed E-state index contributed by atoms with van der Waals surface area (Å²) in [6, 6.07) is 10.6. The Morgan fingerprint density at radius 2 is 1.90 bits per heavy atom. The zero-order valence-electron chi connectivity index (χ0n) is 10.6. The lowest BCUT2D eigenvalue weighted by molar-refractivity contribution is 0.0972. The van der Waals surface area contributed by atoms with Crippen molar-refractivity contribution in [2.75, 3.05) is 0 Å². The lowest BCUT2D eigenvalue weighted by Crippen LogP contribution is -2.08. The second-order valence-electron chi connectivity index (χ2n) is 4.40. The van der Waals surface area contributed by atoms with Crippen LogP contribution in [0.4, 0.5) is 0 Å². The van der Waals surface area contributed by atoms with Crippen LogP contribution in [0.15, 0.2) is 55.1 Å². The maximum Gasteiger partial charge on any atom is 0.182 e. The summed E-state index contributed by atoms with van der Waals surface area (Å²) in [6.07, 6.45) is 5.03. The molecule has 0 atom stereocenters. The molecule has 102 valence electrons. The predicted octanol–water partition coefficient (Wildman–Crippen LogP) is 3.05. The van der Waals surface area contributed by atoms with Crippen LogP contribution in [0.25, 0.3) is 10.8 Å². The van der Waals surface area contributed by atoms with Gasteiger partial charge < -0.3 is 9.67 Å². The second-order valence-corrected chi connectivity index (χ2v) is 4.40. The van der Waals surface area contributed by atoms with Crippen LogP contribution in [0, 0.1) is 0 Å². The number of carbonyl (C=O) groups is 1. The number of fused-ring (bicyclic) bond motifs is 1. The smallest absolute Gasteiger partial charge is 0.182 e. The highest BCUT2D eigenvalue weighted by Gasteiger charge is 2.07. The van der Waals surface area contributed by atoms with Crippen molar-refractivity contribution >= 4 is 29.0 Å². The van der Waals surface area contributed by atoms with E-state index in [1.165, 1.54) is 0 Å². The molecule has 0 saturated heterocycles. The number of phenolic OH excluding ortho intramolecular Hbond substituents is 1. The molecule has 0 saturated carbocycles. The summed E-state index contributed by atoms with van der Waals surface area (Å²) in [5, 5.41) is 11.3. The minimum absolute atomic E-state index is 0. The predicted molar refractivity (Wildman–Crippen MR) is 79.4 cm³/mol. The molecule has 4 nitrogen and oxygen atoms in total. The van der Waals surface area contributed by atoms with E-state index in [-0.39, 0.29) is 30.5 Å². The van der Waals surface area contributed by atoms with Crippen molar-refractivity contribution in [3.63, 3.8) is 0 Å². The van der Waals surface area contributed by atoms with Gasteiger partial charge in [0.05, 0.1) is 12.9 Å². The molecule has 0 bridgehead atoms. The molecule has 0 spiro atoms. The third kappa shape index (κ3) is 2.81. The molecule has 1 aromatic heterocycles. The van der Waals surface area contributed by atoms with Gasteiger partial charge in [0.1, 0.15) is 5.75 Å². The first-order valence-electron chi connectivity index (χ1n) is 5.94. The Morgan fingerprint density at radius 3 is 2.65 bits per heavy atom. The Kier molecular flexibility index (Phi) is 4.05. The van der Waals surface area contributed by atoms with Gasteiger partial charge in [-0.1, -0.05) is 18.2 Å². The molecule has 0 aliphatic carbocycles. The maximum atomic E-state index is 12.1. The summed E-state index contributed by atoms with van der Waals surface area (Å²) < 4.78 is 1.74. The molecule has 0 aliphatic heterocycles. The number of halogens is 1. The molecular formula is C15H13ClN2O2. The van der Waals surface area contributed by atoms with Gasteiger partial charge in [0, 0.05) is 18.0 Å². The molecule has 0 radical (unpaired) electrons. The van der Waals surface area contributed by atoms with E-state index in [4.69, 9.17) is 0 Å². The first-order valence-corrected chi connectivity index (χ1v) is 5.94. The van der Waals surface area contributed by atoms with Gasteiger partial charge >= 0.3 is 0 Å². The van der Waals surface area contributed by atoms with Crippen LogP contribution in [0.3, 0.4) is 0 Å². The number of Topliss-reactive ketones (excluding diaryl/α,β-unsaturated/α-hetero) is 1. The number of hydrogen-bond donors (Lipinski definition) is 1. The number of phenols is 1. The summed E-state index contributed by atoms with van der Waals surface area (Å²) in [7, 11) is 0. The number of benzene rings is 2. The van der Waals surface area contributed by atoms with Gasteiger partial charge in [0.2, 0.25) is 0 Å². The van der Waals surface area contributed by atoms with Gasteiger partial charge in [0.15, 0.2) is 5.78 Å². The van der Waals surface area contributed by atoms with Crippen molar-refractivity contribution in [2.45, 2.75) is 6.54 Å². The molecule has 0 aliphatic rings. The highest BCUT2D eigenvalue weighted by atomic mass is 35.5.